The fourth-order valence-corrected chi connectivity index (χ4v) is 15.6. The quantitative estimate of drug-likeness (QED) is 0.161. The summed E-state index contributed by atoms with van der Waals surface area (Å²) in [6.45, 7) is 28.7. The molecular weight excluding hydrogens is 916 g/mol. The van der Waals surface area contributed by atoms with Crippen LogP contribution in [0.5, 0.6) is 0 Å². The summed E-state index contributed by atoms with van der Waals surface area (Å²) in [4.78, 5) is 2.77. The van der Waals surface area contributed by atoms with E-state index >= 15 is 0 Å². The summed E-state index contributed by atoms with van der Waals surface area (Å²) in [7, 11) is 0. The van der Waals surface area contributed by atoms with Crippen LogP contribution in [-0.2, 0) is 27.1 Å². The lowest BCUT2D eigenvalue weighted by Gasteiger charge is -2.42. The molecule has 8 aromatic carbocycles. The number of hydrogen-bond donors (Lipinski definition) is 0. The predicted molar refractivity (Wildman–Crippen MR) is 318 cm³/mol. The molecule has 0 amide bonds. The van der Waals surface area contributed by atoms with Gasteiger partial charge in [-0.1, -0.05) is 168 Å². The largest absolute Gasteiger partial charge is 0.455 e. The van der Waals surface area contributed by atoms with E-state index in [0.717, 1.165) is 11.2 Å². The van der Waals surface area contributed by atoms with Crippen molar-refractivity contribution in [1.82, 2.24) is 4.57 Å². The molecule has 5 heterocycles. The molecule has 4 aliphatic rings. The van der Waals surface area contributed by atoms with Crippen LogP contribution in [0.1, 0.15) is 129 Å². The highest BCUT2D eigenvalue weighted by Gasteiger charge is 2.50. The second kappa shape index (κ2) is 14.3. The maximum atomic E-state index is 7.39. The van der Waals surface area contributed by atoms with Gasteiger partial charge < -0.3 is 13.8 Å². The van der Waals surface area contributed by atoms with Gasteiger partial charge >= 0.3 is 6.85 Å². The number of fused-ring (bicyclic) bond motifs is 19. The number of benzene rings is 8. The summed E-state index contributed by atoms with van der Waals surface area (Å²) in [5, 5.41) is 6.14. The minimum atomic E-state index is -0.226. The first-order valence-electron chi connectivity index (χ1n) is 27.1. The number of rotatable bonds is 2. The Bertz CT molecular complexity index is 4290. The van der Waals surface area contributed by atoms with Crippen molar-refractivity contribution < 1.29 is 4.42 Å². The van der Waals surface area contributed by atoms with Crippen molar-refractivity contribution in [3.05, 3.63) is 173 Å². The Morgan fingerprint density at radius 2 is 1.22 bits per heavy atom. The first-order chi connectivity index (χ1) is 35.2. The number of anilines is 2. The zero-order valence-electron chi connectivity index (χ0n) is 45.0. The number of hydrogen-bond acceptors (Lipinski definition) is 3. The lowest BCUT2D eigenvalue weighted by molar-refractivity contribution is 0.331. The maximum Gasteiger partial charge on any atom is 0.343 e. The number of thiophene rings is 1. The Hall–Kier alpha value is -6.82. The highest BCUT2D eigenvalue weighted by Crippen LogP contribution is 2.59. The highest BCUT2D eigenvalue weighted by atomic mass is 32.1. The molecule has 0 unspecified atom stereocenters. The van der Waals surface area contributed by atoms with E-state index in [0.29, 0.717) is 0 Å². The molecule has 3 nitrogen and oxygen atoms in total. The van der Waals surface area contributed by atoms with Crippen LogP contribution in [0.3, 0.4) is 0 Å². The van der Waals surface area contributed by atoms with Crippen LogP contribution in [0.25, 0.3) is 92.9 Å². The maximum absolute atomic E-state index is 7.39. The summed E-state index contributed by atoms with van der Waals surface area (Å²) in [6, 6.07) is 54.4. The molecule has 0 radical (unpaired) electrons. The molecular formula is C69H63BN2OS. The molecule has 2 aliphatic carbocycles. The van der Waals surface area contributed by atoms with E-state index in [2.05, 4.69) is 232 Å². The first-order valence-corrected chi connectivity index (χ1v) is 27.9. The van der Waals surface area contributed by atoms with Gasteiger partial charge in [-0.15, -0.1) is 11.3 Å². The van der Waals surface area contributed by atoms with E-state index in [1.165, 1.54) is 150 Å². The Labute approximate surface area is 439 Å². The second-order valence-electron chi connectivity index (χ2n) is 26.3. The molecule has 3 aromatic heterocycles. The summed E-state index contributed by atoms with van der Waals surface area (Å²) in [5.41, 5.74) is 25.8. The minimum absolute atomic E-state index is 0.0107. The Morgan fingerprint density at radius 1 is 0.554 bits per heavy atom. The van der Waals surface area contributed by atoms with Gasteiger partial charge in [0.05, 0.1) is 22.1 Å². The van der Waals surface area contributed by atoms with Crippen LogP contribution in [0.15, 0.2) is 144 Å². The molecule has 74 heavy (non-hydrogen) atoms. The molecule has 364 valence electrons. The molecule has 0 atom stereocenters. The van der Waals surface area contributed by atoms with E-state index in [1.807, 2.05) is 11.3 Å². The minimum Gasteiger partial charge on any atom is -0.455 e. The molecule has 0 bridgehead atoms. The number of furan rings is 1. The van der Waals surface area contributed by atoms with Gasteiger partial charge in [-0.25, -0.2) is 0 Å². The van der Waals surface area contributed by atoms with Crippen molar-refractivity contribution in [2.75, 3.05) is 4.81 Å². The zero-order valence-corrected chi connectivity index (χ0v) is 45.8. The van der Waals surface area contributed by atoms with Crippen LogP contribution in [0, 0.1) is 0 Å². The highest BCUT2D eigenvalue weighted by molar-refractivity contribution is 7.32. The van der Waals surface area contributed by atoms with Crippen molar-refractivity contribution in [1.29, 1.82) is 0 Å². The number of nitrogens with zero attached hydrogens (tertiary/aromatic N) is 2. The van der Waals surface area contributed by atoms with Crippen LogP contribution >= 0.6 is 11.3 Å². The zero-order chi connectivity index (χ0) is 50.9. The lowest BCUT2D eigenvalue weighted by atomic mass is 9.46. The molecule has 2 aliphatic heterocycles. The Balaban J connectivity index is 1.14. The summed E-state index contributed by atoms with van der Waals surface area (Å²) in [6.07, 6.45) is 2.38. The summed E-state index contributed by atoms with van der Waals surface area (Å²) < 4.78 is 12.7. The van der Waals surface area contributed by atoms with Crippen LogP contribution in [-0.4, -0.2) is 11.4 Å². The Morgan fingerprint density at radius 3 is 1.95 bits per heavy atom. The Kier molecular flexibility index (Phi) is 8.63. The lowest BCUT2D eigenvalue weighted by Crippen LogP contribution is -2.59. The summed E-state index contributed by atoms with van der Waals surface area (Å²) >= 11 is 1.99. The number of para-hydroxylation sites is 1. The molecule has 0 saturated heterocycles. The SMILES string of the molecule is CC(C)(C)c1ccc(N2B3c4sc5cc(-c6ccccc6)ccc5c4-n4c5ccc(C(C)(C)C)cc5c5c6oc7ccccc7c6c(c3c54)-c3cc4c(cc32)C(C)(C)c2cc3c(cc2-4)C(C)(C)CCC3(C)C)cc1. The van der Waals surface area contributed by atoms with Crippen LogP contribution < -0.4 is 15.1 Å². The van der Waals surface area contributed by atoms with E-state index < -0.39 is 0 Å². The smallest absolute Gasteiger partial charge is 0.343 e. The molecule has 0 N–H and O–H groups in total. The standard InChI is InChI=1S/C69H63BN2OS/c1-65(2,3)40-23-26-42(27-24-40)72-54-37-50-45(46-35-51-52(36-49(46)69(50,11)12)68(9,10)31-30-67(51,7)8)34-48(54)57-58-43-20-16-17-21-55(43)73-63(58)59-47-33-41(66(4,5)6)25-29-53(47)71-61-44-28-22-39(38-18-14-13-15-19-38)32-56(44)74-64(61)70(72)60(57)62(59)71/h13-29,32-37H,30-31H2,1-12H3. The molecule has 5 heteroatoms. The molecule has 0 spiro atoms. The third kappa shape index (κ3) is 5.80. The van der Waals surface area contributed by atoms with Crippen molar-refractivity contribution >= 4 is 93.6 Å². The number of aromatic nitrogens is 1. The average molecular weight is 979 g/mol. The van der Waals surface area contributed by atoms with Gasteiger partial charge in [0.15, 0.2) is 0 Å². The van der Waals surface area contributed by atoms with Crippen LogP contribution in [0.2, 0.25) is 0 Å². The van der Waals surface area contributed by atoms with Crippen molar-refractivity contribution in [2.24, 2.45) is 0 Å². The van der Waals surface area contributed by atoms with Gasteiger partial charge in [0, 0.05) is 53.4 Å². The van der Waals surface area contributed by atoms with Gasteiger partial charge in [-0.2, -0.15) is 0 Å². The second-order valence-corrected chi connectivity index (χ2v) is 27.4. The van der Waals surface area contributed by atoms with Crippen LogP contribution in [0.4, 0.5) is 11.4 Å². The van der Waals surface area contributed by atoms with Crippen molar-refractivity contribution in [3.8, 4) is 39.1 Å². The van der Waals surface area contributed by atoms with Gasteiger partial charge in [0.2, 0.25) is 0 Å². The average Bonchev–Trinajstić information content (AvgIpc) is 4.15. The van der Waals surface area contributed by atoms with Gasteiger partial charge in [-0.05, 0) is 156 Å². The molecule has 0 fully saturated rings. The first kappa shape index (κ1) is 44.7. The molecule has 15 rings (SSSR count). The molecule has 11 aromatic rings. The fraction of sp³-hybridized carbons (Fsp3) is 0.275. The van der Waals surface area contributed by atoms with Gasteiger partial charge in [-0.3, -0.25) is 0 Å². The summed E-state index contributed by atoms with van der Waals surface area (Å²) in [5.74, 6) is 0. The topological polar surface area (TPSA) is 21.3 Å². The third-order valence-corrected chi connectivity index (χ3v) is 19.7. The third-order valence-electron chi connectivity index (χ3n) is 18.5. The van der Waals surface area contributed by atoms with Crippen molar-refractivity contribution in [3.63, 3.8) is 0 Å². The predicted octanol–water partition coefficient (Wildman–Crippen LogP) is 18.1. The van der Waals surface area contributed by atoms with E-state index in [4.69, 9.17) is 4.42 Å². The molecule has 0 saturated carbocycles. The van der Waals surface area contributed by atoms with Crippen molar-refractivity contribution in [2.45, 2.75) is 123 Å². The van der Waals surface area contributed by atoms with Gasteiger partial charge in [0.1, 0.15) is 11.2 Å². The normalized spacial score (nSPS) is 16.8. The van der Waals surface area contributed by atoms with Gasteiger partial charge in [0.25, 0.3) is 0 Å². The van der Waals surface area contributed by atoms with E-state index in [-0.39, 0.29) is 33.9 Å². The fourth-order valence-electron chi connectivity index (χ4n) is 14.2. The van der Waals surface area contributed by atoms with E-state index in [9.17, 15) is 0 Å². The monoisotopic (exact) mass is 978 g/mol. The van der Waals surface area contributed by atoms with E-state index in [1.54, 1.807) is 0 Å².